The Kier molecular flexibility index (Phi) is 7.05. The largest absolute Gasteiger partial charge is 0.497 e. The molecule has 1 aromatic heterocycles. The molecule has 158 valence electrons. The van der Waals surface area contributed by atoms with Crippen molar-refractivity contribution in [1.29, 1.82) is 0 Å². The molecule has 0 aliphatic rings. The number of carbonyl (C=O) groups excluding carboxylic acids is 1. The van der Waals surface area contributed by atoms with Crippen molar-refractivity contribution in [3.05, 3.63) is 57.8 Å². The van der Waals surface area contributed by atoms with Gasteiger partial charge in [0.25, 0.3) is 5.56 Å². The van der Waals surface area contributed by atoms with Crippen molar-refractivity contribution in [2.24, 2.45) is 5.92 Å². The Labute approximate surface area is 184 Å². The molecule has 3 rings (SSSR count). The van der Waals surface area contributed by atoms with Gasteiger partial charge in [-0.05, 0) is 43.2 Å². The number of fused-ring (bicyclic) bond motifs is 1. The molecule has 0 spiro atoms. The van der Waals surface area contributed by atoms with Crippen LogP contribution in [-0.2, 0) is 11.3 Å². The number of thioether (sulfide) groups is 1. The summed E-state index contributed by atoms with van der Waals surface area (Å²) in [7, 11) is 1.58. The Hall–Kier alpha value is -2.51. The SMILES string of the molecule is COc1cccc(NC(=O)[C@@H](C)Sc2nc3ccc(Cl)cc3c(=O)n2CC(C)C)c1. The van der Waals surface area contributed by atoms with E-state index in [0.29, 0.717) is 39.1 Å². The molecule has 3 aromatic rings. The van der Waals surface area contributed by atoms with Crippen molar-refractivity contribution >= 4 is 45.9 Å². The molecule has 0 aliphatic heterocycles. The summed E-state index contributed by atoms with van der Waals surface area (Å²) < 4.78 is 6.82. The van der Waals surface area contributed by atoms with E-state index >= 15 is 0 Å². The van der Waals surface area contributed by atoms with E-state index in [9.17, 15) is 9.59 Å². The number of benzene rings is 2. The number of carbonyl (C=O) groups is 1. The summed E-state index contributed by atoms with van der Waals surface area (Å²) in [5.74, 6) is 0.713. The molecule has 0 bridgehead atoms. The molecule has 0 radical (unpaired) electrons. The first-order valence-electron chi connectivity index (χ1n) is 9.60. The lowest BCUT2D eigenvalue weighted by Gasteiger charge is -2.18. The predicted molar refractivity (Wildman–Crippen MR) is 123 cm³/mol. The normalized spacial score (nSPS) is 12.2. The molecule has 0 saturated carbocycles. The second-order valence-electron chi connectivity index (χ2n) is 7.35. The van der Waals surface area contributed by atoms with Crippen LogP contribution in [0.4, 0.5) is 5.69 Å². The van der Waals surface area contributed by atoms with Crippen LogP contribution in [0, 0.1) is 5.92 Å². The lowest BCUT2D eigenvalue weighted by atomic mass is 10.2. The van der Waals surface area contributed by atoms with E-state index in [1.807, 2.05) is 26.0 Å². The van der Waals surface area contributed by atoms with Gasteiger partial charge in [0.15, 0.2) is 5.16 Å². The van der Waals surface area contributed by atoms with E-state index < -0.39 is 5.25 Å². The van der Waals surface area contributed by atoms with Gasteiger partial charge in [-0.25, -0.2) is 4.98 Å². The van der Waals surface area contributed by atoms with Crippen molar-refractivity contribution in [2.45, 2.75) is 37.7 Å². The van der Waals surface area contributed by atoms with Gasteiger partial charge in [0.2, 0.25) is 5.91 Å². The van der Waals surface area contributed by atoms with Crippen molar-refractivity contribution in [3.63, 3.8) is 0 Å². The van der Waals surface area contributed by atoms with Gasteiger partial charge in [-0.15, -0.1) is 0 Å². The van der Waals surface area contributed by atoms with Gasteiger partial charge in [0, 0.05) is 23.3 Å². The van der Waals surface area contributed by atoms with Crippen molar-refractivity contribution < 1.29 is 9.53 Å². The van der Waals surface area contributed by atoms with Crippen LogP contribution in [0.5, 0.6) is 5.75 Å². The zero-order chi connectivity index (χ0) is 21.8. The van der Waals surface area contributed by atoms with E-state index in [2.05, 4.69) is 10.3 Å². The van der Waals surface area contributed by atoms with Crippen LogP contribution in [0.1, 0.15) is 20.8 Å². The summed E-state index contributed by atoms with van der Waals surface area (Å²) in [4.78, 5) is 30.5. The maximum absolute atomic E-state index is 13.1. The van der Waals surface area contributed by atoms with E-state index in [4.69, 9.17) is 16.3 Å². The fourth-order valence-electron chi connectivity index (χ4n) is 2.95. The number of rotatable bonds is 7. The van der Waals surface area contributed by atoms with Crippen LogP contribution in [0.3, 0.4) is 0 Å². The zero-order valence-corrected chi connectivity index (χ0v) is 18.9. The number of hydrogen-bond acceptors (Lipinski definition) is 5. The first kappa shape index (κ1) is 22.2. The summed E-state index contributed by atoms with van der Waals surface area (Å²) in [6.07, 6.45) is 0. The van der Waals surface area contributed by atoms with Crippen LogP contribution in [-0.4, -0.2) is 27.8 Å². The maximum Gasteiger partial charge on any atom is 0.262 e. The number of ether oxygens (including phenoxy) is 1. The van der Waals surface area contributed by atoms with Crippen LogP contribution < -0.4 is 15.6 Å². The zero-order valence-electron chi connectivity index (χ0n) is 17.3. The molecule has 0 aliphatic carbocycles. The second kappa shape index (κ2) is 9.53. The van der Waals surface area contributed by atoms with Crippen LogP contribution >= 0.6 is 23.4 Å². The molecule has 1 heterocycles. The first-order valence-corrected chi connectivity index (χ1v) is 10.9. The maximum atomic E-state index is 13.1. The molecule has 1 amide bonds. The summed E-state index contributed by atoms with van der Waals surface area (Å²) in [5.41, 5.74) is 1.05. The Morgan fingerprint density at radius 1 is 1.23 bits per heavy atom. The fourth-order valence-corrected chi connectivity index (χ4v) is 4.04. The highest BCUT2D eigenvalue weighted by Crippen LogP contribution is 2.26. The number of hydrogen-bond donors (Lipinski definition) is 1. The fraction of sp³-hybridized carbons (Fsp3) is 0.318. The lowest BCUT2D eigenvalue weighted by molar-refractivity contribution is -0.115. The van der Waals surface area contributed by atoms with Gasteiger partial charge in [-0.3, -0.25) is 14.2 Å². The minimum atomic E-state index is -0.466. The smallest absolute Gasteiger partial charge is 0.262 e. The molecule has 1 N–H and O–H groups in total. The standard InChI is InChI=1S/C22H24ClN3O3S/c1-13(2)12-26-21(28)18-10-15(23)8-9-19(18)25-22(26)30-14(3)20(27)24-16-6-5-7-17(11-16)29-4/h5-11,13-14H,12H2,1-4H3,(H,24,27)/t14-/m1/s1. The summed E-state index contributed by atoms with van der Waals surface area (Å²) >= 11 is 7.33. The van der Waals surface area contributed by atoms with Crippen LogP contribution in [0.25, 0.3) is 10.9 Å². The highest BCUT2D eigenvalue weighted by Gasteiger charge is 2.20. The van der Waals surface area contributed by atoms with Gasteiger partial charge in [0.05, 0.1) is 23.3 Å². The number of nitrogens with zero attached hydrogens (tertiary/aromatic N) is 2. The third-order valence-corrected chi connectivity index (χ3v) is 5.74. The lowest BCUT2D eigenvalue weighted by Crippen LogP contribution is -2.28. The molecular weight excluding hydrogens is 422 g/mol. The molecule has 30 heavy (non-hydrogen) atoms. The monoisotopic (exact) mass is 445 g/mol. The highest BCUT2D eigenvalue weighted by molar-refractivity contribution is 8.00. The number of aromatic nitrogens is 2. The number of amides is 1. The van der Waals surface area contributed by atoms with Gasteiger partial charge < -0.3 is 10.1 Å². The molecule has 8 heteroatoms. The number of halogens is 1. The third-order valence-electron chi connectivity index (χ3n) is 4.42. The molecule has 0 fully saturated rings. The minimum absolute atomic E-state index is 0.154. The summed E-state index contributed by atoms with van der Waals surface area (Å²) in [6, 6.07) is 12.2. The van der Waals surface area contributed by atoms with Gasteiger partial charge in [-0.2, -0.15) is 0 Å². The highest BCUT2D eigenvalue weighted by atomic mass is 35.5. The number of nitrogens with one attached hydrogen (secondary N) is 1. The topological polar surface area (TPSA) is 73.2 Å². The van der Waals surface area contributed by atoms with Crippen LogP contribution in [0.2, 0.25) is 5.02 Å². The van der Waals surface area contributed by atoms with E-state index in [-0.39, 0.29) is 17.4 Å². The van der Waals surface area contributed by atoms with E-state index in [1.54, 1.807) is 48.9 Å². The average molecular weight is 446 g/mol. The first-order chi connectivity index (χ1) is 14.3. The van der Waals surface area contributed by atoms with Crippen molar-refractivity contribution in [1.82, 2.24) is 9.55 Å². The molecule has 1 atom stereocenters. The minimum Gasteiger partial charge on any atom is -0.497 e. The third kappa shape index (κ3) is 5.15. The average Bonchev–Trinajstić information content (AvgIpc) is 2.71. The quantitative estimate of drug-likeness (QED) is 0.416. The van der Waals surface area contributed by atoms with E-state index in [0.717, 1.165) is 0 Å². The van der Waals surface area contributed by atoms with Gasteiger partial charge in [-0.1, -0.05) is 43.3 Å². The number of anilines is 1. The molecular formula is C22H24ClN3O3S. The molecule has 6 nitrogen and oxygen atoms in total. The Balaban J connectivity index is 1.90. The Morgan fingerprint density at radius 3 is 2.70 bits per heavy atom. The predicted octanol–water partition coefficient (Wildman–Crippen LogP) is 4.83. The number of methoxy groups -OCH3 is 1. The molecule has 0 unspecified atom stereocenters. The second-order valence-corrected chi connectivity index (χ2v) is 9.09. The molecule has 0 saturated heterocycles. The van der Waals surface area contributed by atoms with Crippen molar-refractivity contribution in [3.8, 4) is 5.75 Å². The Bertz CT molecular complexity index is 1130. The van der Waals surface area contributed by atoms with Gasteiger partial charge >= 0.3 is 0 Å². The van der Waals surface area contributed by atoms with Crippen LogP contribution in [0.15, 0.2) is 52.4 Å². The molecule has 2 aromatic carbocycles. The summed E-state index contributed by atoms with van der Waals surface area (Å²) in [6.45, 7) is 6.35. The van der Waals surface area contributed by atoms with Crippen molar-refractivity contribution in [2.75, 3.05) is 12.4 Å². The van der Waals surface area contributed by atoms with Gasteiger partial charge in [0.1, 0.15) is 5.75 Å². The van der Waals surface area contributed by atoms with E-state index in [1.165, 1.54) is 11.8 Å². The Morgan fingerprint density at radius 2 is 2.00 bits per heavy atom. The summed E-state index contributed by atoms with van der Waals surface area (Å²) in [5, 5.41) is 3.89.